The van der Waals surface area contributed by atoms with Gasteiger partial charge in [0.1, 0.15) is 12.4 Å². The topological polar surface area (TPSA) is 50.4 Å². The van der Waals surface area contributed by atoms with Gasteiger partial charge in [0, 0.05) is 0 Å². The summed E-state index contributed by atoms with van der Waals surface area (Å²) in [7, 11) is 0. The van der Waals surface area contributed by atoms with Gasteiger partial charge in [-0.15, -0.1) is 0 Å². The molecule has 0 spiro atoms. The third-order valence-electron chi connectivity index (χ3n) is 3.40. The highest BCUT2D eigenvalue weighted by molar-refractivity contribution is 6.43. The van der Waals surface area contributed by atoms with E-state index in [-0.39, 0.29) is 6.03 Å². The number of urea groups is 1. The molecule has 0 bridgehead atoms. The highest BCUT2D eigenvalue weighted by Gasteiger charge is 2.08. The molecule has 0 fully saturated rings. The maximum Gasteiger partial charge on any atom is 0.319 e. The van der Waals surface area contributed by atoms with Crippen molar-refractivity contribution >= 4 is 34.9 Å². The zero-order chi connectivity index (χ0) is 16.8. The lowest BCUT2D eigenvalue weighted by molar-refractivity contribution is 0.247. The average molecular weight is 353 g/mol. The lowest BCUT2D eigenvalue weighted by Crippen LogP contribution is -2.32. The zero-order valence-corrected chi connectivity index (χ0v) is 14.5. The fourth-order valence-corrected chi connectivity index (χ4v) is 2.32. The smallest absolute Gasteiger partial charge is 0.319 e. The molecule has 23 heavy (non-hydrogen) atoms. The minimum Gasteiger partial charge on any atom is -0.491 e. The second kappa shape index (κ2) is 8.09. The molecule has 0 aliphatic carbocycles. The van der Waals surface area contributed by atoms with E-state index in [4.69, 9.17) is 27.9 Å². The van der Waals surface area contributed by atoms with Crippen LogP contribution in [0.4, 0.5) is 10.5 Å². The standard InChI is InChI=1S/C17H18Cl2N2O2/c1-11-5-3-8-15(12(11)2)23-10-9-20-17(22)21-14-7-4-6-13(18)16(14)19/h3-8H,9-10H2,1-2H3,(H2,20,21,22). The van der Waals surface area contributed by atoms with Crippen LogP contribution in [0.5, 0.6) is 5.75 Å². The van der Waals surface area contributed by atoms with Crippen molar-refractivity contribution in [3.05, 3.63) is 57.6 Å². The molecule has 0 radical (unpaired) electrons. The number of halogens is 2. The van der Waals surface area contributed by atoms with Gasteiger partial charge in [-0.3, -0.25) is 0 Å². The van der Waals surface area contributed by atoms with Gasteiger partial charge in [0.25, 0.3) is 0 Å². The van der Waals surface area contributed by atoms with Gasteiger partial charge < -0.3 is 15.4 Å². The molecule has 0 heterocycles. The predicted octanol–water partition coefficient (Wildman–Crippen LogP) is 4.81. The zero-order valence-electron chi connectivity index (χ0n) is 13.0. The minimum atomic E-state index is -0.362. The summed E-state index contributed by atoms with van der Waals surface area (Å²) >= 11 is 11.9. The van der Waals surface area contributed by atoms with E-state index >= 15 is 0 Å². The van der Waals surface area contributed by atoms with E-state index in [0.717, 1.165) is 11.3 Å². The van der Waals surface area contributed by atoms with Crippen molar-refractivity contribution in [2.24, 2.45) is 0 Å². The molecular formula is C17H18Cl2N2O2. The number of ether oxygens (including phenoxy) is 1. The van der Waals surface area contributed by atoms with Crippen molar-refractivity contribution in [2.45, 2.75) is 13.8 Å². The first kappa shape index (κ1) is 17.4. The summed E-state index contributed by atoms with van der Waals surface area (Å²) in [6.45, 7) is 4.78. The third kappa shape index (κ3) is 4.78. The second-order valence-corrected chi connectivity index (χ2v) is 5.81. The second-order valence-electron chi connectivity index (χ2n) is 5.03. The van der Waals surface area contributed by atoms with Gasteiger partial charge in [-0.05, 0) is 43.2 Å². The Hall–Kier alpha value is -1.91. The van der Waals surface area contributed by atoms with Crippen LogP contribution in [0.2, 0.25) is 10.0 Å². The Kier molecular flexibility index (Phi) is 6.13. The third-order valence-corrected chi connectivity index (χ3v) is 4.22. The highest BCUT2D eigenvalue weighted by atomic mass is 35.5. The first-order chi connectivity index (χ1) is 11.0. The average Bonchev–Trinajstić information content (AvgIpc) is 2.52. The summed E-state index contributed by atoms with van der Waals surface area (Å²) in [5.74, 6) is 0.824. The fraction of sp³-hybridized carbons (Fsp3) is 0.235. The van der Waals surface area contributed by atoms with E-state index in [1.54, 1.807) is 18.2 Å². The van der Waals surface area contributed by atoms with E-state index in [2.05, 4.69) is 10.6 Å². The molecule has 0 saturated heterocycles. The normalized spacial score (nSPS) is 10.3. The predicted molar refractivity (Wildman–Crippen MR) is 94.9 cm³/mol. The van der Waals surface area contributed by atoms with Crippen LogP contribution < -0.4 is 15.4 Å². The summed E-state index contributed by atoms with van der Waals surface area (Å²) in [5, 5.41) is 6.06. The molecule has 2 aromatic rings. The highest BCUT2D eigenvalue weighted by Crippen LogP contribution is 2.29. The summed E-state index contributed by atoms with van der Waals surface area (Å²) in [6, 6.07) is 10.6. The number of nitrogens with one attached hydrogen (secondary N) is 2. The fourth-order valence-electron chi connectivity index (χ4n) is 1.97. The number of anilines is 1. The molecule has 0 aromatic heterocycles. The van der Waals surface area contributed by atoms with Crippen LogP contribution in [0.25, 0.3) is 0 Å². The number of hydrogen-bond donors (Lipinski definition) is 2. The van der Waals surface area contributed by atoms with Gasteiger partial charge >= 0.3 is 6.03 Å². The number of hydrogen-bond acceptors (Lipinski definition) is 2. The van der Waals surface area contributed by atoms with E-state index in [1.807, 2.05) is 32.0 Å². The van der Waals surface area contributed by atoms with E-state index < -0.39 is 0 Å². The molecule has 6 heteroatoms. The molecular weight excluding hydrogens is 335 g/mol. The first-order valence-corrected chi connectivity index (χ1v) is 7.92. The van der Waals surface area contributed by atoms with Crippen LogP contribution in [-0.2, 0) is 0 Å². The number of aryl methyl sites for hydroxylation is 1. The molecule has 0 atom stereocenters. The van der Waals surface area contributed by atoms with E-state index in [1.165, 1.54) is 5.56 Å². The molecule has 0 unspecified atom stereocenters. The van der Waals surface area contributed by atoms with Crippen molar-refractivity contribution in [3.8, 4) is 5.75 Å². The van der Waals surface area contributed by atoms with Crippen LogP contribution in [-0.4, -0.2) is 19.2 Å². The van der Waals surface area contributed by atoms with Crippen molar-refractivity contribution in [2.75, 3.05) is 18.5 Å². The quantitative estimate of drug-likeness (QED) is 0.758. The Bertz CT molecular complexity index is 705. The molecule has 0 aliphatic rings. The van der Waals surface area contributed by atoms with Gasteiger partial charge in [0.05, 0.1) is 22.3 Å². The molecule has 0 aliphatic heterocycles. The Labute approximate surface area is 145 Å². The summed E-state index contributed by atoms with van der Waals surface area (Å²) in [6.07, 6.45) is 0. The van der Waals surface area contributed by atoms with Crippen LogP contribution >= 0.6 is 23.2 Å². The number of carbonyl (C=O) groups is 1. The molecule has 0 saturated carbocycles. The Morgan fingerprint density at radius 1 is 1.13 bits per heavy atom. The SMILES string of the molecule is Cc1cccc(OCCNC(=O)Nc2cccc(Cl)c2Cl)c1C. The van der Waals surface area contributed by atoms with Gasteiger partial charge in [0.2, 0.25) is 0 Å². The Morgan fingerprint density at radius 3 is 2.65 bits per heavy atom. The lowest BCUT2D eigenvalue weighted by atomic mass is 10.1. The minimum absolute atomic E-state index is 0.316. The first-order valence-electron chi connectivity index (χ1n) is 7.17. The van der Waals surface area contributed by atoms with Gasteiger partial charge in [-0.1, -0.05) is 41.4 Å². The van der Waals surface area contributed by atoms with Crippen molar-refractivity contribution in [1.82, 2.24) is 5.32 Å². The summed E-state index contributed by atoms with van der Waals surface area (Å²) in [5.41, 5.74) is 2.73. The van der Waals surface area contributed by atoms with E-state index in [9.17, 15) is 4.79 Å². The number of benzene rings is 2. The van der Waals surface area contributed by atoms with Crippen LogP contribution in [0.1, 0.15) is 11.1 Å². The summed E-state index contributed by atoms with van der Waals surface area (Å²) in [4.78, 5) is 11.8. The molecule has 4 nitrogen and oxygen atoms in total. The molecule has 122 valence electrons. The Morgan fingerprint density at radius 2 is 1.87 bits per heavy atom. The molecule has 2 rings (SSSR count). The van der Waals surface area contributed by atoms with Gasteiger partial charge in [-0.25, -0.2) is 4.79 Å². The maximum atomic E-state index is 11.8. The summed E-state index contributed by atoms with van der Waals surface area (Å²) < 4.78 is 5.67. The maximum absolute atomic E-state index is 11.8. The molecule has 2 amide bonds. The largest absolute Gasteiger partial charge is 0.491 e. The van der Waals surface area contributed by atoms with E-state index in [0.29, 0.717) is 28.9 Å². The van der Waals surface area contributed by atoms with Crippen molar-refractivity contribution < 1.29 is 9.53 Å². The van der Waals surface area contributed by atoms with Gasteiger partial charge in [0.15, 0.2) is 0 Å². The Balaban J connectivity index is 1.79. The monoisotopic (exact) mass is 352 g/mol. The van der Waals surface area contributed by atoms with Crippen LogP contribution in [0, 0.1) is 13.8 Å². The number of rotatable bonds is 5. The number of amides is 2. The van der Waals surface area contributed by atoms with Crippen LogP contribution in [0.15, 0.2) is 36.4 Å². The van der Waals surface area contributed by atoms with Gasteiger partial charge in [-0.2, -0.15) is 0 Å². The number of carbonyl (C=O) groups excluding carboxylic acids is 1. The van der Waals surface area contributed by atoms with Crippen molar-refractivity contribution in [1.29, 1.82) is 0 Å². The van der Waals surface area contributed by atoms with Crippen LogP contribution in [0.3, 0.4) is 0 Å². The molecule has 2 N–H and O–H groups in total. The molecule has 2 aromatic carbocycles. The lowest BCUT2D eigenvalue weighted by Gasteiger charge is -2.12. The van der Waals surface area contributed by atoms with Crippen molar-refractivity contribution in [3.63, 3.8) is 0 Å².